The van der Waals surface area contributed by atoms with Crippen LogP contribution in [0.4, 0.5) is 5.69 Å². The average Bonchev–Trinajstić information content (AvgIpc) is 2.87. The molecule has 2 amide bonds. The topological polar surface area (TPSA) is 135 Å². The SMILES string of the molecule is O=C(Cn1c(=O)c2ccccc2n(CC(=O)Nc2cc(Cl)ccc2O)c1=O)NCCc1cccnc1. The van der Waals surface area contributed by atoms with Crippen molar-refractivity contribution in [2.45, 2.75) is 19.5 Å². The third-order valence-electron chi connectivity index (χ3n) is 5.43. The number of rotatable bonds is 8. The summed E-state index contributed by atoms with van der Waals surface area (Å²) in [7, 11) is 0. The van der Waals surface area contributed by atoms with Gasteiger partial charge in [-0.2, -0.15) is 0 Å². The van der Waals surface area contributed by atoms with Crippen molar-refractivity contribution in [1.29, 1.82) is 0 Å². The highest BCUT2D eigenvalue weighted by Gasteiger charge is 2.18. The van der Waals surface area contributed by atoms with Crippen LogP contribution in [0.15, 0.2) is 76.6 Å². The summed E-state index contributed by atoms with van der Waals surface area (Å²) in [6.07, 6.45) is 3.87. The summed E-state index contributed by atoms with van der Waals surface area (Å²) in [6, 6.07) is 14.1. The molecule has 0 saturated carbocycles. The zero-order valence-electron chi connectivity index (χ0n) is 19.0. The van der Waals surface area contributed by atoms with Crippen LogP contribution >= 0.6 is 11.6 Å². The van der Waals surface area contributed by atoms with Gasteiger partial charge in [0.25, 0.3) is 5.56 Å². The lowest BCUT2D eigenvalue weighted by atomic mass is 10.2. The van der Waals surface area contributed by atoms with Gasteiger partial charge in [-0.1, -0.05) is 29.8 Å². The molecule has 0 aliphatic carbocycles. The number of hydrogen-bond donors (Lipinski definition) is 3. The smallest absolute Gasteiger partial charge is 0.332 e. The van der Waals surface area contributed by atoms with Crippen LogP contribution in [0.5, 0.6) is 5.75 Å². The first-order chi connectivity index (χ1) is 17.3. The van der Waals surface area contributed by atoms with E-state index in [1.54, 1.807) is 36.7 Å². The lowest BCUT2D eigenvalue weighted by Crippen LogP contribution is -2.45. The first-order valence-corrected chi connectivity index (χ1v) is 11.4. The van der Waals surface area contributed by atoms with Gasteiger partial charge in [0, 0.05) is 24.0 Å². The highest BCUT2D eigenvalue weighted by molar-refractivity contribution is 6.31. The fraction of sp³-hybridized carbons (Fsp3) is 0.160. The largest absolute Gasteiger partial charge is 0.506 e. The molecular formula is C25H22ClN5O5. The van der Waals surface area contributed by atoms with Crippen LogP contribution in [0.3, 0.4) is 0 Å². The molecule has 0 aliphatic heterocycles. The van der Waals surface area contributed by atoms with Crippen molar-refractivity contribution < 1.29 is 14.7 Å². The average molecular weight is 508 g/mol. The van der Waals surface area contributed by atoms with Gasteiger partial charge >= 0.3 is 5.69 Å². The summed E-state index contributed by atoms with van der Waals surface area (Å²) in [5.41, 5.74) is -0.203. The van der Waals surface area contributed by atoms with E-state index >= 15 is 0 Å². The highest BCUT2D eigenvalue weighted by Crippen LogP contribution is 2.26. The third-order valence-corrected chi connectivity index (χ3v) is 5.66. The van der Waals surface area contributed by atoms with Gasteiger partial charge in [0.2, 0.25) is 11.8 Å². The van der Waals surface area contributed by atoms with Gasteiger partial charge in [-0.25, -0.2) is 4.79 Å². The number of benzene rings is 2. The van der Waals surface area contributed by atoms with Crippen LogP contribution in [-0.4, -0.2) is 37.6 Å². The number of nitrogens with zero attached hydrogens (tertiary/aromatic N) is 3. The second-order valence-electron chi connectivity index (χ2n) is 7.95. The molecule has 0 radical (unpaired) electrons. The number of aromatic hydroxyl groups is 1. The zero-order valence-corrected chi connectivity index (χ0v) is 19.7. The minimum absolute atomic E-state index is 0.0752. The summed E-state index contributed by atoms with van der Waals surface area (Å²) in [6.45, 7) is -0.674. The van der Waals surface area contributed by atoms with Crippen LogP contribution in [0.2, 0.25) is 5.02 Å². The summed E-state index contributed by atoms with van der Waals surface area (Å²) < 4.78 is 1.91. The van der Waals surface area contributed by atoms with Crippen molar-refractivity contribution in [3.63, 3.8) is 0 Å². The molecule has 4 rings (SSSR count). The third kappa shape index (κ3) is 5.61. The fourth-order valence-corrected chi connectivity index (χ4v) is 3.87. The van der Waals surface area contributed by atoms with Crippen molar-refractivity contribution >= 4 is 40.0 Å². The maximum atomic E-state index is 13.2. The normalized spacial score (nSPS) is 10.8. The number of aromatic nitrogens is 3. The number of amides is 2. The molecular weight excluding hydrogens is 486 g/mol. The molecule has 2 aromatic heterocycles. The van der Waals surface area contributed by atoms with Gasteiger partial charge in [0.15, 0.2) is 0 Å². The number of para-hydroxylation sites is 1. The Morgan fingerprint density at radius 3 is 2.53 bits per heavy atom. The van der Waals surface area contributed by atoms with Gasteiger partial charge in [-0.3, -0.25) is 28.5 Å². The summed E-state index contributed by atoms with van der Waals surface area (Å²) in [5, 5.41) is 15.6. The molecule has 2 aromatic carbocycles. The van der Waals surface area contributed by atoms with E-state index < -0.39 is 36.2 Å². The summed E-state index contributed by atoms with van der Waals surface area (Å²) >= 11 is 5.92. The number of halogens is 1. The Hall–Kier alpha value is -4.44. The Bertz CT molecular complexity index is 1550. The Labute approximate surface area is 209 Å². The number of carbonyl (C=O) groups is 2. The van der Waals surface area contributed by atoms with Crippen LogP contribution in [0.1, 0.15) is 5.56 Å². The van der Waals surface area contributed by atoms with E-state index in [1.165, 1.54) is 24.3 Å². The molecule has 0 fully saturated rings. The maximum absolute atomic E-state index is 13.2. The zero-order chi connectivity index (χ0) is 25.7. The molecule has 4 aromatic rings. The Morgan fingerprint density at radius 2 is 1.75 bits per heavy atom. The van der Waals surface area contributed by atoms with Crippen LogP contribution in [-0.2, 0) is 29.1 Å². The van der Waals surface area contributed by atoms with E-state index in [-0.39, 0.29) is 22.3 Å². The van der Waals surface area contributed by atoms with E-state index in [1.807, 2.05) is 6.07 Å². The maximum Gasteiger partial charge on any atom is 0.332 e. The number of phenolic OH excluding ortho intramolecular Hbond substituents is 1. The first-order valence-electron chi connectivity index (χ1n) is 11.0. The Morgan fingerprint density at radius 1 is 0.972 bits per heavy atom. The predicted molar refractivity (Wildman–Crippen MR) is 135 cm³/mol. The Kier molecular flexibility index (Phi) is 7.45. The highest BCUT2D eigenvalue weighted by atomic mass is 35.5. The van der Waals surface area contributed by atoms with E-state index in [0.29, 0.717) is 18.0 Å². The standard InChI is InChI=1S/C25H22ClN5O5/c26-17-7-8-21(32)19(12-17)29-23(34)15-30-20-6-2-1-5-18(20)24(35)31(25(30)36)14-22(33)28-11-9-16-4-3-10-27-13-16/h1-8,10,12-13,32H,9,11,14-15H2,(H,28,33)(H,29,34). The fourth-order valence-electron chi connectivity index (χ4n) is 3.70. The van der Waals surface area contributed by atoms with Crippen molar-refractivity contribution in [3.8, 4) is 5.75 Å². The number of carbonyl (C=O) groups excluding carboxylic acids is 2. The number of pyridine rings is 1. The molecule has 0 aliphatic rings. The number of nitrogens with one attached hydrogen (secondary N) is 2. The summed E-state index contributed by atoms with van der Waals surface area (Å²) in [4.78, 5) is 55.5. The predicted octanol–water partition coefficient (Wildman–Crippen LogP) is 1.91. The minimum atomic E-state index is -0.813. The van der Waals surface area contributed by atoms with Gasteiger partial charge in [-0.05, 0) is 48.4 Å². The molecule has 3 N–H and O–H groups in total. The van der Waals surface area contributed by atoms with Crippen LogP contribution in [0.25, 0.3) is 10.9 Å². The van der Waals surface area contributed by atoms with Crippen molar-refractivity contribution in [3.05, 3.63) is 98.4 Å². The quantitative estimate of drug-likeness (QED) is 0.312. The molecule has 36 heavy (non-hydrogen) atoms. The molecule has 0 spiro atoms. The second kappa shape index (κ2) is 10.9. The monoisotopic (exact) mass is 507 g/mol. The lowest BCUT2D eigenvalue weighted by molar-refractivity contribution is -0.121. The van der Waals surface area contributed by atoms with Crippen molar-refractivity contribution in [1.82, 2.24) is 19.4 Å². The molecule has 0 unspecified atom stereocenters. The van der Waals surface area contributed by atoms with E-state index in [4.69, 9.17) is 11.6 Å². The van der Waals surface area contributed by atoms with E-state index in [0.717, 1.165) is 14.7 Å². The second-order valence-corrected chi connectivity index (χ2v) is 8.38. The minimum Gasteiger partial charge on any atom is -0.506 e. The molecule has 0 bridgehead atoms. The van der Waals surface area contributed by atoms with Gasteiger partial charge in [0.1, 0.15) is 18.8 Å². The Balaban J connectivity index is 1.57. The number of hydrogen-bond acceptors (Lipinski definition) is 6. The van der Waals surface area contributed by atoms with E-state index in [2.05, 4.69) is 15.6 Å². The van der Waals surface area contributed by atoms with Gasteiger partial charge in [0.05, 0.1) is 16.6 Å². The molecule has 11 heteroatoms. The number of anilines is 1. The van der Waals surface area contributed by atoms with Crippen molar-refractivity contribution in [2.75, 3.05) is 11.9 Å². The summed E-state index contributed by atoms with van der Waals surface area (Å²) in [5.74, 6) is -1.35. The first kappa shape index (κ1) is 24.7. The van der Waals surface area contributed by atoms with Gasteiger partial charge in [-0.15, -0.1) is 0 Å². The van der Waals surface area contributed by atoms with E-state index in [9.17, 15) is 24.3 Å². The lowest BCUT2D eigenvalue weighted by Gasteiger charge is -2.14. The van der Waals surface area contributed by atoms with Crippen LogP contribution in [0, 0.1) is 0 Å². The molecule has 0 atom stereocenters. The molecule has 10 nitrogen and oxygen atoms in total. The molecule has 2 heterocycles. The molecule has 184 valence electrons. The number of phenols is 1. The van der Waals surface area contributed by atoms with Crippen LogP contribution < -0.4 is 21.9 Å². The number of fused-ring (bicyclic) bond motifs is 1. The van der Waals surface area contributed by atoms with Crippen molar-refractivity contribution in [2.24, 2.45) is 0 Å². The van der Waals surface area contributed by atoms with Gasteiger partial charge < -0.3 is 15.7 Å². The molecule has 0 saturated heterocycles.